The number of nitrogens with zero attached hydrogens (tertiary/aromatic N) is 3. The molecule has 2 saturated heterocycles. The molecule has 0 unspecified atom stereocenters. The highest BCUT2D eigenvalue weighted by atomic mass is 32.2. The van der Waals surface area contributed by atoms with E-state index in [1.807, 2.05) is 12.1 Å². The van der Waals surface area contributed by atoms with Crippen molar-refractivity contribution in [1.82, 2.24) is 19.5 Å². The molecule has 2 atom stereocenters. The molecular formula is C39H44F6N4O7S2. The maximum Gasteiger partial charge on any atom is 0.425 e. The number of thiophene rings is 1. The zero-order valence-corrected chi connectivity index (χ0v) is 33.2. The number of likely N-dealkylation sites (tertiary alicyclic amines) is 2. The second-order valence-electron chi connectivity index (χ2n) is 14.8. The average Bonchev–Trinajstić information content (AvgIpc) is 3.95. The van der Waals surface area contributed by atoms with Gasteiger partial charge in [-0.15, -0.1) is 11.3 Å². The first kappa shape index (κ1) is 43.2. The third-order valence-corrected chi connectivity index (χ3v) is 13.5. The number of pyridine rings is 1. The summed E-state index contributed by atoms with van der Waals surface area (Å²) in [5, 5.41) is 0.620. The molecule has 4 heterocycles. The molecule has 0 spiro atoms. The number of nitrogens with one attached hydrogen (secondary N) is 1. The van der Waals surface area contributed by atoms with Gasteiger partial charge in [-0.25, -0.2) is 8.42 Å². The van der Waals surface area contributed by atoms with Gasteiger partial charge in [0.1, 0.15) is 16.4 Å². The Labute approximate surface area is 336 Å². The molecular weight excluding hydrogens is 815 g/mol. The molecule has 19 heteroatoms. The minimum Gasteiger partial charge on any atom is -0.493 e. The van der Waals surface area contributed by atoms with E-state index in [0.29, 0.717) is 55.3 Å². The van der Waals surface area contributed by atoms with Crippen LogP contribution in [0.25, 0.3) is 0 Å². The molecule has 1 N–H and O–H groups in total. The second kappa shape index (κ2) is 17.5. The van der Waals surface area contributed by atoms with Gasteiger partial charge < -0.3 is 19.3 Å². The minimum absolute atomic E-state index is 0.00220. The first-order valence-corrected chi connectivity index (χ1v) is 21.6. The third kappa shape index (κ3) is 9.72. The fraction of sp³-hybridized carbons (Fsp3) is 0.538. The number of rotatable bonds is 14. The van der Waals surface area contributed by atoms with E-state index in [-0.39, 0.29) is 70.0 Å². The topological polar surface area (TPSA) is 135 Å². The lowest BCUT2D eigenvalue weighted by molar-refractivity contribution is -0.160. The van der Waals surface area contributed by atoms with Gasteiger partial charge in [0, 0.05) is 56.3 Å². The summed E-state index contributed by atoms with van der Waals surface area (Å²) in [5.41, 5.74) is -2.97. The quantitative estimate of drug-likeness (QED) is 0.130. The highest BCUT2D eigenvalue weighted by Gasteiger charge is 2.56. The summed E-state index contributed by atoms with van der Waals surface area (Å²) in [6.45, 7) is 2.28. The summed E-state index contributed by atoms with van der Waals surface area (Å²) >= 11 is 0.382. The molecule has 6 rings (SSSR count). The van der Waals surface area contributed by atoms with Crippen LogP contribution in [0.15, 0.2) is 54.2 Å². The molecule has 1 aromatic carbocycles. The van der Waals surface area contributed by atoms with Crippen molar-refractivity contribution in [2.45, 2.75) is 106 Å². The fourth-order valence-corrected chi connectivity index (χ4v) is 9.82. The lowest BCUT2D eigenvalue weighted by Crippen LogP contribution is -2.68. The van der Waals surface area contributed by atoms with Crippen molar-refractivity contribution in [3.63, 3.8) is 0 Å². The van der Waals surface area contributed by atoms with Crippen LogP contribution < -0.4 is 14.2 Å². The Morgan fingerprint density at radius 3 is 2.38 bits per heavy atom. The number of piperidine rings is 2. The van der Waals surface area contributed by atoms with Gasteiger partial charge in [-0.1, -0.05) is 31.5 Å². The second-order valence-corrected chi connectivity index (χ2v) is 17.7. The van der Waals surface area contributed by atoms with Gasteiger partial charge in [0.2, 0.25) is 21.5 Å². The van der Waals surface area contributed by atoms with E-state index in [9.17, 15) is 49.1 Å². The molecule has 3 aromatic rings. The van der Waals surface area contributed by atoms with E-state index in [1.165, 1.54) is 4.90 Å². The van der Waals surface area contributed by atoms with Crippen molar-refractivity contribution in [2.24, 2.45) is 0 Å². The number of ether oxygens (including phenoxy) is 2. The number of hydrogen-bond donors (Lipinski definition) is 1. The summed E-state index contributed by atoms with van der Waals surface area (Å²) in [5.74, 6) is -1.94. The van der Waals surface area contributed by atoms with Crippen molar-refractivity contribution in [3.05, 3.63) is 75.7 Å². The molecule has 2 aromatic heterocycles. The number of amides is 3. The van der Waals surface area contributed by atoms with Gasteiger partial charge >= 0.3 is 12.4 Å². The van der Waals surface area contributed by atoms with Gasteiger partial charge in [0.05, 0.1) is 29.0 Å². The highest BCUT2D eigenvalue weighted by molar-refractivity contribution is 7.90. The van der Waals surface area contributed by atoms with Gasteiger partial charge in [0.25, 0.3) is 11.8 Å². The smallest absolute Gasteiger partial charge is 0.425 e. The third-order valence-electron chi connectivity index (χ3n) is 10.7. The monoisotopic (exact) mass is 858 g/mol. The van der Waals surface area contributed by atoms with Crippen molar-refractivity contribution < 1.29 is 58.6 Å². The summed E-state index contributed by atoms with van der Waals surface area (Å²) in [6, 6.07) is 7.64. The van der Waals surface area contributed by atoms with Crippen molar-refractivity contribution in [2.75, 3.05) is 26.2 Å². The molecule has 58 heavy (non-hydrogen) atoms. The van der Waals surface area contributed by atoms with E-state index in [4.69, 9.17) is 9.47 Å². The van der Waals surface area contributed by atoms with Gasteiger partial charge in [-0.2, -0.15) is 26.3 Å². The average molecular weight is 859 g/mol. The van der Waals surface area contributed by atoms with Crippen LogP contribution in [0.2, 0.25) is 0 Å². The molecule has 3 fully saturated rings. The van der Waals surface area contributed by atoms with Crippen LogP contribution >= 0.6 is 11.3 Å². The standard InChI is InChI=1S/C39H44F6N4O7S2/c1-2-7-32-37(56-26-22-33(57-24-26)39(43,44)45,16-6-18-49(32)35(51)29-23-46-17-13-30(29)38(40,41)42)36(52)48-19-14-25(15-20-48)28-8-3-4-9-31(28)55-21-5-10-34(50)47-58(53,54)27-11-12-27/h3-4,8-9,13,17,22-25,27,32H,2,5-7,10-12,14-16,18-21H2,1H3,(H,47,50)/t32-,37+/m1/s1. The number of carbonyl (C=O) groups excluding carboxylic acids is 3. The van der Waals surface area contributed by atoms with Crippen LogP contribution in [0.4, 0.5) is 26.3 Å². The summed E-state index contributed by atoms with van der Waals surface area (Å²) in [6.07, 6.45) is -5.05. The normalized spacial score (nSPS) is 20.8. The van der Waals surface area contributed by atoms with Gasteiger partial charge in [0.15, 0.2) is 0 Å². The molecule has 0 radical (unpaired) electrons. The summed E-state index contributed by atoms with van der Waals surface area (Å²) in [4.78, 5) is 46.7. The SMILES string of the molecule is CCC[C@H]1N(C(=O)c2cnccc2C(F)(F)F)CCC[C@@]1(Oc1csc(C(F)(F)F)c1)C(=O)N1CCC(c2ccccc2OCCCC(=O)NS(=O)(=O)C2CC2)CC1. The molecule has 3 amide bonds. The maximum atomic E-state index is 14.9. The largest absolute Gasteiger partial charge is 0.493 e. The predicted octanol–water partition coefficient (Wildman–Crippen LogP) is 7.58. The molecule has 1 saturated carbocycles. The minimum atomic E-state index is -4.89. The lowest BCUT2D eigenvalue weighted by Gasteiger charge is -2.50. The van der Waals surface area contributed by atoms with Crippen molar-refractivity contribution >= 4 is 39.1 Å². The fourth-order valence-electron chi connectivity index (χ4n) is 7.80. The summed E-state index contributed by atoms with van der Waals surface area (Å²) in [7, 11) is -3.64. The maximum absolute atomic E-state index is 14.9. The van der Waals surface area contributed by atoms with Crippen LogP contribution in [-0.4, -0.2) is 84.1 Å². The number of carbonyl (C=O) groups is 3. The Morgan fingerprint density at radius 2 is 1.72 bits per heavy atom. The first-order chi connectivity index (χ1) is 27.4. The molecule has 0 bridgehead atoms. The highest BCUT2D eigenvalue weighted by Crippen LogP contribution is 2.44. The van der Waals surface area contributed by atoms with Crippen LogP contribution in [-0.2, 0) is 32.0 Å². The van der Waals surface area contributed by atoms with Crippen molar-refractivity contribution in [3.8, 4) is 11.5 Å². The Morgan fingerprint density at radius 1 is 1.00 bits per heavy atom. The lowest BCUT2D eigenvalue weighted by atomic mass is 9.79. The number of alkyl halides is 6. The molecule has 1 aliphatic carbocycles. The van der Waals surface area contributed by atoms with E-state index >= 15 is 0 Å². The number of para-hydroxylation sites is 1. The number of benzene rings is 1. The molecule has 11 nitrogen and oxygen atoms in total. The van der Waals surface area contributed by atoms with Crippen LogP contribution in [0.1, 0.15) is 103 Å². The van der Waals surface area contributed by atoms with E-state index in [2.05, 4.69) is 9.71 Å². The number of aromatic nitrogens is 1. The number of sulfonamides is 1. The van der Waals surface area contributed by atoms with E-state index in [0.717, 1.165) is 29.4 Å². The van der Waals surface area contributed by atoms with Crippen LogP contribution in [0.3, 0.4) is 0 Å². The Hall–Kier alpha value is -4.39. The van der Waals surface area contributed by atoms with Gasteiger partial charge in [-0.05, 0) is 68.6 Å². The van der Waals surface area contributed by atoms with E-state index in [1.54, 1.807) is 24.0 Å². The van der Waals surface area contributed by atoms with E-state index < -0.39 is 73.0 Å². The predicted molar refractivity (Wildman–Crippen MR) is 201 cm³/mol. The van der Waals surface area contributed by atoms with Crippen LogP contribution in [0, 0.1) is 0 Å². The Balaban J connectivity index is 1.21. The summed E-state index contributed by atoms with van der Waals surface area (Å²) < 4.78 is 122. The molecule has 3 aliphatic rings. The number of halogens is 6. The molecule has 2 aliphatic heterocycles. The Kier molecular flexibility index (Phi) is 13.0. The van der Waals surface area contributed by atoms with Crippen molar-refractivity contribution in [1.29, 1.82) is 0 Å². The molecule has 316 valence electrons. The zero-order chi connectivity index (χ0) is 41.9. The Bertz CT molecular complexity index is 2070. The first-order valence-electron chi connectivity index (χ1n) is 19.2. The zero-order valence-electron chi connectivity index (χ0n) is 31.6. The number of hydrogen-bond acceptors (Lipinski definition) is 9. The van der Waals surface area contributed by atoms with Crippen LogP contribution in [0.5, 0.6) is 11.5 Å². The van der Waals surface area contributed by atoms with Gasteiger partial charge in [-0.3, -0.25) is 24.1 Å².